The monoisotopic (exact) mass is 535 g/mol. The Morgan fingerprint density at radius 2 is 2.08 bits per heavy atom. The van der Waals surface area contributed by atoms with Crippen molar-refractivity contribution in [3.63, 3.8) is 0 Å². The number of aromatic amines is 2. The van der Waals surface area contributed by atoms with Crippen molar-refractivity contribution >= 4 is 33.5 Å². The van der Waals surface area contributed by atoms with Gasteiger partial charge in [0.15, 0.2) is 5.65 Å². The molecule has 1 fully saturated rings. The maximum absolute atomic E-state index is 4.69. The number of nitrogens with zero attached hydrogens (tertiary/aromatic N) is 2. The fourth-order valence-corrected chi connectivity index (χ4v) is 6.21. The van der Waals surface area contributed by atoms with Crippen molar-refractivity contribution in [2.45, 2.75) is 39.5 Å². The third-order valence-corrected chi connectivity index (χ3v) is 8.44. The number of aromatic nitrogens is 4. The van der Waals surface area contributed by atoms with E-state index in [1.54, 1.807) is 11.3 Å². The zero-order valence-corrected chi connectivity index (χ0v) is 23.7. The van der Waals surface area contributed by atoms with E-state index in [0.717, 1.165) is 63.7 Å². The second-order valence-electron chi connectivity index (χ2n) is 10.2. The average molecular weight is 536 g/mol. The third kappa shape index (κ3) is 5.97. The summed E-state index contributed by atoms with van der Waals surface area (Å²) in [6.45, 7) is 14.1. The molecule has 0 saturated heterocycles. The zero-order chi connectivity index (χ0) is 27.2. The van der Waals surface area contributed by atoms with E-state index >= 15 is 0 Å². The molecule has 0 aromatic carbocycles. The normalized spacial score (nSPS) is 15.4. The van der Waals surface area contributed by atoms with Crippen LogP contribution in [-0.4, -0.2) is 33.3 Å². The van der Waals surface area contributed by atoms with Gasteiger partial charge in [0, 0.05) is 45.4 Å². The molecular formula is C33H37N5S. The van der Waals surface area contributed by atoms with Gasteiger partial charge in [0.2, 0.25) is 0 Å². The number of aryl methyl sites for hydroxylation is 1. The van der Waals surface area contributed by atoms with Crippen LogP contribution in [0, 0.1) is 12.8 Å². The molecule has 5 rings (SSSR count). The van der Waals surface area contributed by atoms with E-state index in [4.69, 9.17) is 0 Å². The van der Waals surface area contributed by atoms with Gasteiger partial charge in [0.25, 0.3) is 0 Å². The van der Waals surface area contributed by atoms with E-state index in [-0.39, 0.29) is 0 Å². The van der Waals surface area contributed by atoms with E-state index in [9.17, 15) is 0 Å². The fourth-order valence-electron chi connectivity index (χ4n) is 5.44. The van der Waals surface area contributed by atoms with Crippen LogP contribution in [0.1, 0.15) is 54.3 Å². The van der Waals surface area contributed by atoms with Crippen LogP contribution >= 0.6 is 11.3 Å². The summed E-state index contributed by atoms with van der Waals surface area (Å²) >= 11 is 1.73. The van der Waals surface area contributed by atoms with Crippen molar-refractivity contribution in [1.29, 1.82) is 0 Å². The Balaban J connectivity index is 1.43. The van der Waals surface area contributed by atoms with Crippen LogP contribution in [0.25, 0.3) is 33.6 Å². The van der Waals surface area contributed by atoms with Gasteiger partial charge in [0.05, 0.1) is 11.4 Å². The van der Waals surface area contributed by atoms with Crippen molar-refractivity contribution < 1.29 is 0 Å². The topological polar surface area (TPSA) is 69.4 Å². The molecule has 0 aliphatic heterocycles. The van der Waals surface area contributed by atoms with Crippen LogP contribution in [0.4, 0.5) is 0 Å². The Labute approximate surface area is 235 Å². The lowest BCUT2D eigenvalue weighted by Crippen LogP contribution is -2.23. The predicted molar refractivity (Wildman–Crippen MR) is 167 cm³/mol. The summed E-state index contributed by atoms with van der Waals surface area (Å²) < 4.78 is 0. The first-order valence-electron chi connectivity index (χ1n) is 13.7. The average Bonchev–Trinajstić information content (AvgIpc) is 3.77. The van der Waals surface area contributed by atoms with Crippen molar-refractivity contribution in [1.82, 2.24) is 25.5 Å². The molecule has 5 nitrogen and oxygen atoms in total. The van der Waals surface area contributed by atoms with E-state index in [2.05, 4.69) is 100 Å². The Bertz CT molecular complexity index is 1540. The first kappa shape index (κ1) is 26.9. The highest BCUT2D eigenvalue weighted by Gasteiger charge is 2.17. The van der Waals surface area contributed by atoms with Gasteiger partial charge in [-0.05, 0) is 73.9 Å². The largest absolute Gasteiger partial charge is 0.357 e. The molecule has 0 unspecified atom stereocenters. The molecule has 4 aromatic rings. The molecule has 1 aliphatic rings. The van der Waals surface area contributed by atoms with Gasteiger partial charge in [-0.15, -0.1) is 11.3 Å². The van der Waals surface area contributed by atoms with Crippen LogP contribution in [0.3, 0.4) is 0 Å². The van der Waals surface area contributed by atoms with E-state index < -0.39 is 0 Å². The lowest BCUT2D eigenvalue weighted by atomic mass is 10.0. The molecule has 6 heteroatoms. The van der Waals surface area contributed by atoms with Crippen molar-refractivity contribution in [2.24, 2.45) is 5.92 Å². The number of rotatable bonds is 11. The van der Waals surface area contributed by atoms with Gasteiger partial charge in [-0.1, -0.05) is 62.4 Å². The minimum atomic E-state index is 0.698. The second kappa shape index (κ2) is 12.4. The van der Waals surface area contributed by atoms with Gasteiger partial charge in [-0.25, -0.2) is 4.98 Å². The number of thiophene rings is 1. The van der Waals surface area contributed by atoms with Crippen LogP contribution < -0.4 is 5.32 Å². The van der Waals surface area contributed by atoms with Crippen LogP contribution in [0.5, 0.6) is 0 Å². The smallest absolute Gasteiger partial charge is 0.181 e. The molecule has 0 spiro atoms. The number of fused-ring (bicyclic) bond motifs is 1. The third-order valence-electron chi connectivity index (χ3n) is 7.54. The second-order valence-corrected chi connectivity index (χ2v) is 11.1. The predicted octanol–water partition coefficient (Wildman–Crippen LogP) is 8.24. The van der Waals surface area contributed by atoms with Crippen molar-refractivity contribution in [3.05, 3.63) is 107 Å². The number of allylic oxidation sites excluding steroid dienone is 5. The molecule has 3 N–H and O–H groups in total. The summed E-state index contributed by atoms with van der Waals surface area (Å²) in [5, 5.41) is 14.4. The summed E-state index contributed by atoms with van der Waals surface area (Å²) in [6, 6.07) is 8.58. The SMILES string of the molecule is C=C/C=C(/c1cccs1)c1cc(-c2[nH]nc3ncc(C(/C=C(\C=C)CNCC4CCCC4)=C/C)cc23)[nH]c1C. The van der Waals surface area contributed by atoms with Crippen LogP contribution in [-0.2, 0) is 0 Å². The molecule has 0 bridgehead atoms. The Kier molecular flexibility index (Phi) is 8.54. The Morgan fingerprint density at radius 3 is 2.79 bits per heavy atom. The quantitative estimate of drug-likeness (QED) is 0.169. The minimum Gasteiger partial charge on any atom is -0.357 e. The Hall–Kier alpha value is -3.74. The number of nitrogens with one attached hydrogen (secondary N) is 3. The first-order valence-corrected chi connectivity index (χ1v) is 14.6. The maximum Gasteiger partial charge on any atom is 0.181 e. The molecule has 200 valence electrons. The molecule has 4 aromatic heterocycles. The first-order chi connectivity index (χ1) is 19.1. The summed E-state index contributed by atoms with van der Waals surface area (Å²) in [6.07, 6.45) is 17.5. The number of hydrogen-bond donors (Lipinski definition) is 3. The molecule has 4 heterocycles. The van der Waals surface area contributed by atoms with E-state index in [1.165, 1.54) is 36.1 Å². The van der Waals surface area contributed by atoms with Crippen molar-refractivity contribution in [3.8, 4) is 11.4 Å². The molecule has 0 amide bonds. The highest BCUT2D eigenvalue weighted by molar-refractivity contribution is 7.11. The van der Waals surface area contributed by atoms with Gasteiger partial charge in [-0.2, -0.15) is 5.10 Å². The van der Waals surface area contributed by atoms with Gasteiger partial charge >= 0.3 is 0 Å². The van der Waals surface area contributed by atoms with Crippen LogP contribution in [0.15, 0.2) is 85.0 Å². The molecule has 0 atom stereocenters. The summed E-state index contributed by atoms with van der Waals surface area (Å²) in [5.74, 6) is 0.814. The van der Waals surface area contributed by atoms with Gasteiger partial charge in [-0.3, -0.25) is 5.10 Å². The van der Waals surface area contributed by atoms with E-state index in [1.807, 2.05) is 18.3 Å². The lowest BCUT2D eigenvalue weighted by Gasteiger charge is -2.12. The standard InChI is InChI=1S/C33H37N5S/c1-5-11-27(31-14-10-15-39-31)28-18-30(36-22(28)4)32-29-17-26(21-35-33(29)38-37-32)25(7-3)16-23(6-2)19-34-20-24-12-8-9-13-24/h5-7,10-11,14-18,21,24,34,36H,1-2,8-9,12-13,19-20H2,3-4H3,(H,35,37,38)/b23-16+,25-7+,27-11+. The summed E-state index contributed by atoms with van der Waals surface area (Å²) in [4.78, 5) is 9.47. The Morgan fingerprint density at radius 1 is 1.23 bits per heavy atom. The van der Waals surface area contributed by atoms with Crippen molar-refractivity contribution in [2.75, 3.05) is 13.1 Å². The number of hydrogen-bond acceptors (Lipinski definition) is 4. The number of H-pyrrole nitrogens is 2. The number of pyridine rings is 1. The molecule has 0 radical (unpaired) electrons. The van der Waals surface area contributed by atoms with Crippen LogP contribution in [0.2, 0.25) is 0 Å². The lowest BCUT2D eigenvalue weighted by molar-refractivity contribution is 0.503. The maximum atomic E-state index is 4.69. The zero-order valence-electron chi connectivity index (χ0n) is 22.9. The minimum absolute atomic E-state index is 0.698. The molecular weight excluding hydrogens is 498 g/mol. The van der Waals surface area contributed by atoms with Gasteiger partial charge in [0.1, 0.15) is 0 Å². The highest BCUT2D eigenvalue weighted by atomic mass is 32.1. The highest BCUT2D eigenvalue weighted by Crippen LogP contribution is 2.34. The molecule has 39 heavy (non-hydrogen) atoms. The van der Waals surface area contributed by atoms with Gasteiger partial charge < -0.3 is 10.3 Å². The molecule has 1 saturated carbocycles. The van der Waals surface area contributed by atoms with E-state index in [0.29, 0.717) is 5.65 Å². The summed E-state index contributed by atoms with van der Waals surface area (Å²) in [5.41, 5.74) is 9.35. The summed E-state index contributed by atoms with van der Waals surface area (Å²) in [7, 11) is 0. The molecule has 1 aliphatic carbocycles. The fraction of sp³-hybridized carbons (Fsp3) is 0.273.